The number of hydrogen-bond donors (Lipinski definition) is 3. The van der Waals surface area contributed by atoms with Gasteiger partial charge in [0.1, 0.15) is 23.5 Å². The lowest BCUT2D eigenvalue weighted by atomic mass is 10.2. The number of fused-ring (bicyclic) bond motifs is 1. The minimum absolute atomic E-state index is 0.0708. The van der Waals surface area contributed by atoms with E-state index in [1.807, 2.05) is 22.4 Å². The lowest BCUT2D eigenvalue weighted by molar-refractivity contribution is -0.117. The quantitative estimate of drug-likeness (QED) is 0.574. The number of nitrogens with two attached hydrogens (primary N) is 1. The van der Waals surface area contributed by atoms with Crippen LogP contribution in [-0.2, 0) is 17.6 Å². The summed E-state index contributed by atoms with van der Waals surface area (Å²) in [6.07, 6.45) is 6.23. The van der Waals surface area contributed by atoms with E-state index in [-0.39, 0.29) is 11.9 Å². The highest BCUT2D eigenvalue weighted by Crippen LogP contribution is 2.32. The molecule has 3 aromatic heterocycles. The van der Waals surface area contributed by atoms with Crippen molar-refractivity contribution in [1.82, 2.24) is 19.9 Å². The second-order valence-corrected chi connectivity index (χ2v) is 8.30. The van der Waals surface area contributed by atoms with Crippen LogP contribution in [0.15, 0.2) is 29.8 Å². The van der Waals surface area contributed by atoms with Crippen LogP contribution in [0.5, 0.6) is 0 Å². The Balaban J connectivity index is 1.44. The molecule has 4 heterocycles. The van der Waals surface area contributed by atoms with E-state index in [4.69, 9.17) is 15.7 Å². The minimum atomic E-state index is -0.313. The lowest BCUT2D eigenvalue weighted by Crippen LogP contribution is -2.40. The molecule has 154 valence electrons. The monoisotopic (exact) mass is 422 g/mol. The summed E-state index contributed by atoms with van der Waals surface area (Å²) in [5.41, 5.74) is 7.98. The first kappa shape index (κ1) is 18.7. The average Bonchev–Trinajstić information content (AvgIpc) is 3.49. The lowest BCUT2D eigenvalue weighted by Gasteiger charge is -2.25. The van der Waals surface area contributed by atoms with Gasteiger partial charge in [0.2, 0.25) is 11.9 Å². The molecule has 1 atom stereocenters. The SMILES string of the molecule is Nc1cccc(Nc2nc(N3CCCC3C(=O)Nc3nccs3)nc3c2CCC3)n1. The van der Waals surface area contributed by atoms with Crippen molar-refractivity contribution in [3.05, 3.63) is 41.0 Å². The Hall–Kier alpha value is -3.27. The third-order valence-electron chi connectivity index (χ3n) is 5.41. The highest BCUT2D eigenvalue weighted by molar-refractivity contribution is 7.13. The number of rotatable bonds is 5. The van der Waals surface area contributed by atoms with E-state index < -0.39 is 0 Å². The number of nitrogens with one attached hydrogen (secondary N) is 2. The molecule has 1 amide bonds. The van der Waals surface area contributed by atoms with Gasteiger partial charge >= 0.3 is 0 Å². The molecule has 0 saturated carbocycles. The van der Waals surface area contributed by atoms with E-state index in [9.17, 15) is 4.79 Å². The largest absolute Gasteiger partial charge is 0.384 e. The van der Waals surface area contributed by atoms with Crippen molar-refractivity contribution < 1.29 is 4.79 Å². The number of thiazole rings is 1. The normalized spacial score (nSPS) is 17.7. The summed E-state index contributed by atoms with van der Waals surface area (Å²) in [4.78, 5) is 33.0. The van der Waals surface area contributed by atoms with Crippen molar-refractivity contribution in [1.29, 1.82) is 0 Å². The number of amides is 1. The standard InChI is InChI=1S/C20H22N8OS/c21-15-7-2-8-16(24-15)25-17-12-4-1-5-13(12)23-19(26-17)28-10-3-6-14(28)18(29)27-20-22-9-11-30-20/h2,7-9,11,14H,1,3-6,10H2,(H,22,27,29)(H3,21,23,24,25,26). The van der Waals surface area contributed by atoms with Crippen LogP contribution >= 0.6 is 11.3 Å². The van der Waals surface area contributed by atoms with Crippen LogP contribution in [0.3, 0.4) is 0 Å². The van der Waals surface area contributed by atoms with E-state index in [1.165, 1.54) is 11.3 Å². The van der Waals surface area contributed by atoms with E-state index in [0.717, 1.165) is 55.7 Å². The average molecular weight is 423 g/mol. The Morgan fingerprint density at radius 3 is 2.97 bits per heavy atom. The van der Waals surface area contributed by atoms with Crippen LogP contribution in [0.1, 0.15) is 30.5 Å². The van der Waals surface area contributed by atoms with Gasteiger partial charge < -0.3 is 21.3 Å². The molecule has 2 aliphatic rings. The van der Waals surface area contributed by atoms with Crippen LogP contribution in [0.2, 0.25) is 0 Å². The molecule has 0 radical (unpaired) electrons. The maximum absolute atomic E-state index is 12.9. The van der Waals surface area contributed by atoms with Crippen LogP contribution in [-0.4, -0.2) is 38.4 Å². The summed E-state index contributed by atoms with van der Waals surface area (Å²) in [5, 5.41) is 8.67. The van der Waals surface area contributed by atoms with Crippen molar-refractivity contribution in [2.24, 2.45) is 0 Å². The van der Waals surface area contributed by atoms with Gasteiger partial charge in [-0.25, -0.2) is 15.0 Å². The summed E-state index contributed by atoms with van der Waals surface area (Å²) >= 11 is 1.41. The zero-order chi connectivity index (χ0) is 20.5. The highest BCUT2D eigenvalue weighted by Gasteiger charge is 2.34. The van der Waals surface area contributed by atoms with Gasteiger partial charge in [-0.1, -0.05) is 6.07 Å². The van der Waals surface area contributed by atoms with Crippen LogP contribution < -0.4 is 21.3 Å². The fourth-order valence-corrected chi connectivity index (χ4v) is 4.58. The topological polar surface area (TPSA) is 122 Å². The van der Waals surface area contributed by atoms with Gasteiger partial charge in [0, 0.05) is 23.7 Å². The molecular formula is C20H22N8OS. The molecule has 0 spiro atoms. The first-order valence-corrected chi connectivity index (χ1v) is 10.9. The molecule has 4 N–H and O–H groups in total. The first-order valence-electron chi connectivity index (χ1n) is 10.0. The number of nitrogen functional groups attached to an aromatic ring is 1. The Morgan fingerprint density at radius 2 is 2.13 bits per heavy atom. The smallest absolute Gasteiger partial charge is 0.248 e. The summed E-state index contributed by atoms with van der Waals surface area (Å²) in [5.74, 6) is 2.35. The molecule has 1 saturated heterocycles. The van der Waals surface area contributed by atoms with Gasteiger partial charge in [0.25, 0.3) is 0 Å². The number of carbonyl (C=O) groups excluding carboxylic acids is 1. The second kappa shape index (κ2) is 7.86. The molecule has 3 aromatic rings. The fourth-order valence-electron chi connectivity index (χ4n) is 4.05. The number of aromatic nitrogens is 4. The van der Waals surface area contributed by atoms with E-state index >= 15 is 0 Å². The Bertz CT molecular complexity index is 1070. The summed E-state index contributed by atoms with van der Waals surface area (Å²) in [7, 11) is 0. The molecule has 0 bridgehead atoms. The molecular weight excluding hydrogens is 400 g/mol. The number of anilines is 5. The van der Waals surface area contributed by atoms with Gasteiger partial charge in [-0.3, -0.25) is 4.79 Å². The van der Waals surface area contributed by atoms with Gasteiger partial charge in [0.05, 0.1) is 5.69 Å². The minimum Gasteiger partial charge on any atom is -0.384 e. The molecule has 1 aliphatic carbocycles. The summed E-state index contributed by atoms with van der Waals surface area (Å²) in [6, 6.07) is 5.15. The zero-order valence-corrected chi connectivity index (χ0v) is 17.2. The Morgan fingerprint density at radius 1 is 1.20 bits per heavy atom. The van der Waals surface area contributed by atoms with Crippen LogP contribution in [0.4, 0.5) is 28.5 Å². The van der Waals surface area contributed by atoms with Crippen LogP contribution in [0.25, 0.3) is 0 Å². The molecule has 10 heteroatoms. The van der Waals surface area contributed by atoms with Crippen LogP contribution in [0, 0.1) is 0 Å². The summed E-state index contributed by atoms with van der Waals surface area (Å²) in [6.45, 7) is 0.741. The number of hydrogen-bond acceptors (Lipinski definition) is 9. The fraction of sp³-hybridized carbons (Fsp3) is 0.350. The van der Waals surface area contributed by atoms with Gasteiger partial charge in [-0.2, -0.15) is 4.98 Å². The third kappa shape index (κ3) is 3.65. The van der Waals surface area contributed by atoms with Crippen molar-refractivity contribution in [2.45, 2.75) is 38.1 Å². The van der Waals surface area contributed by atoms with Gasteiger partial charge in [-0.15, -0.1) is 11.3 Å². The molecule has 5 rings (SSSR count). The Kier molecular flexibility index (Phi) is 4.91. The highest BCUT2D eigenvalue weighted by atomic mass is 32.1. The predicted octanol–water partition coefficient (Wildman–Crippen LogP) is 2.75. The number of nitrogens with zero attached hydrogens (tertiary/aromatic N) is 5. The summed E-state index contributed by atoms with van der Waals surface area (Å²) < 4.78 is 0. The van der Waals surface area contributed by atoms with E-state index in [2.05, 4.69) is 20.6 Å². The molecule has 1 unspecified atom stereocenters. The van der Waals surface area contributed by atoms with Crippen molar-refractivity contribution in [3.63, 3.8) is 0 Å². The number of carbonyl (C=O) groups is 1. The first-order chi connectivity index (χ1) is 14.7. The number of aryl methyl sites for hydroxylation is 1. The molecule has 9 nitrogen and oxygen atoms in total. The second-order valence-electron chi connectivity index (χ2n) is 7.40. The molecule has 0 aromatic carbocycles. The third-order valence-corrected chi connectivity index (χ3v) is 6.10. The van der Waals surface area contributed by atoms with Gasteiger partial charge in [-0.05, 0) is 44.2 Å². The van der Waals surface area contributed by atoms with E-state index in [0.29, 0.717) is 22.7 Å². The van der Waals surface area contributed by atoms with Gasteiger partial charge in [0.15, 0.2) is 5.13 Å². The number of pyridine rings is 1. The van der Waals surface area contributed by atoms with Crippen molar-refractivity contribution in [2.75, 3.05) is 27.8 Å². The maximum atomic E-state index is 12.9. The maximum Gasteiger partial charge on any atom is 0.248 e. The van der Waals surface area contributed by atoms with Crippen molar-refractivity contribution >= 4 is 45.8 Å². The van der Waals surface area contributed by atoms with Crippen molar-refractivity contribution in [3.8, 4) is 0 Å². The molecule has 1 fully saturated rings. The molecule has 30 heavy (non-hydrogen) atoms. The predicted molar refractivity (Wildman–Crippen MR) is 117 cm³/mol. The molecule has 1 aliphatic heterocycles. The van der Waals surface area contributed by atoms with E-state index in [1.54, 1.807) is 12.3 Å². The Labute approximate surface area is 177 Å². The zero-order valence-electron chi connectivity index (χ0n) is 16.3.